The van der Waals surface area contributed by atoms with E-state index >= 15 is 0 Å². The van der Waals surface area contributed by atoms with Gasteiger partial charge in [0.05, 0.1) is 12.7 Å². The normalized spacial score (nSPS) is 10.3. The summed E-state index contributed by atoms with van der Waals surface area (Å²) in [4.78, 5) is 12.2. The number of rotatable bonds is 8. The first-order valence-corrected chi connectivity index (χ1v) is 8.36. The highest BCUT2D eigenvalue weighted by Gasteiger charge is 2.10. The first kappa shape index (κ1) is 17.5. The number of carbonyl (C=O) groups is 1. The van der Waals surface area contributed by atoms with Gasteiger partial charge in [-0.25, -0.2) is 0 Å². The number of halogens is 1. The van der Waals surface area contributed by atoms with Crippen LogP contribution in [0.2, 0.25) is 0 Å². The SMILES string of the molecule is COc1ccc(Br)c(C(=O)NCCCNCc2ccccc2)c1. The number of hydrogen-bond acceptors (Lipinski definition) is 3. The first-order valence-electron chi connectivity index (χ1n) is 7.57. The number of ether oxygens (including phenoxy) is 1. The first-order chi connectivity index (χ1) is 11.2. The second-order valence-corrected chi connectivity index (χ2v) is 5.97. The Morgan fingerprint density at radius 3 is 2.65 bits per heavy atom. The van der Waals surface area contributed by atoms with E-state index in [4.69, 9.17) is 4.74 Å². The van der Waals surface area contributed by atoms with Crippen molar-refractivity contribution in [2.45, 2.75) is 13.0 Å². The van der Waals surface area contributed by atoms with Crippen molar-refractivity contribution in [3.63, 3.8) is 0 Å². The molecule has 122 valence electrons. The number of amides is 1. The molecule has 5 heteroatoms. The number of carbonyl (C=O) groups excluding carboxylic acids is 1. The van der Waals surface area contributed by atoms with Crippen LogP contribution in [0.5, 0.6) is 5.75 Å². The van der Waals surface area contributed by atoms with Crippen molar-refractivity contribution >= 4 is 21.8 Å². The fraction of sp³-hybridized carbons (Fsp3) is 0.278. The van der Waals surface area contributed by atoms with E-state index in [9.17, 15) is 4.79 Å². The van der Waals surface area contributed by atoms with Gasteiger partial charge in [0.2, 0.25) is 0 Å². The quantitative estimate of drug-likeness (QED) is 0.694. The summed E-state index contributed by atoms with van der Waals surface area (Å²) >= 11 is 3.39. The molecular formula is C18H21BrN2O2. The van der Waals surface area contributed by atoms with Gasteiger partial charge in [-0.3, -0.25) is 4.79 Å². The molecule has 2 aromatic rings. The van der Waals surface area contributed by atoms with E-state index in [0.29, 0.717) is 17.9 Å². The van der Waals surface area contributed by atoms with Gasteiger partial charge in [-0.05, 0) is 52.7 Å². The van der Waals surface area contributed by atoms with E-state index in [1.807, 2.05) is 30.3 Å². The molecule has 0 spiro atoms. The summed E-state index contributed by atoms with van der Waals surface area (Å²) in [5.41, 5.74) is 1.85. The molecule has 4 nitrogen and oxygen atoms in total. The molecule has 0 saturated carbocycles. The number of hydrogen-bond donors (Lipinski definition) is 2. The van der Waals surface area contributed by atoms with Crippen molar-refractivity contribution in [1.29, 1.82) is 0 Å². The Bertz CT molecular complexity index is 632. The van der Waals surface area contributed by atoms with Crippen LogP contribution in [0.25, 0.3) is 0 Å². The Hall–Kier alpha value is -1.85. The fourth-order valence-electron chi connectivity index (χ4n) is 2.14. The van der Waals surface area contributed by atoms with Gasteiger partial charge in [-0.15, -0.1) is 0 Å². The second kappa shape index (κ2) is 9.33. The maximum Gasteiger partial charge on any atom is 0.252 e. The molecule has 2 rings (SSSR count). The summed E-state index contributed by atoms with van der Waals surface area (Å²) in [7, 11) is 1.59. The Kier molecular flexibility index (Phi) is 7.10. The van der Waals surface area contributed by atoms with Gasteiger partial charge in [0.25, 0.3) is 5.91 Å². The van der Waals surface area contributed by atoms with Crippen LogP contribution < -0.4 is 15.4 Å². The molecular weight excluding hydrogens is 356 g/mol. The van der Waals surface area contributed by atoms with Crippen molar-refractivity contribution in [3.8, 4) is 5.75 Å². The molecule has 0 saturated heterocycles. The monoisotopic (exact) mass is 376 g/mol. The Labute approximate surface area is 145 Å². The third-order valence-electron chi connectivity index (χ3n) is 3.41. The van der Waals surface area contributed by atoms with Crippen molar-refractivity contribution in [2.24, 2.45) is 0 Å². The molecule has 0 bridgehead atoms. The van der Waals surface area contributed by atoms with E-state index in [1.54, 1.807) is 13.2 Å². The fourth-order valence-corrected chi connectivity index (χ4v) is 2.57. The van der Waals surface area contributed by atoms with Crippen LogP contribution in [0.3, 0.4) is 0 Å². The van der Waals surface area contributed by atoms with Crippen LogP contribution in [0, 0.1) is 0 Å². The van der Waals surface area contributed by atoms with E-state index in [0.717, 1.165) is 24.0 Å². The average molecular weight is 377 g/mol. The lowest BCUT2D eigenvalue weighted by atomic mass is 10.2. The van der Waals surface area contributed by atoms with Gasteiger partial charge in [-0.1, -0.05) is 30.3 Å². The van der Waals surface area contributed by atoms with E-state index in [-0.39, 0.29) is 5.91 Å². The Balaban J connectivity index is 1.69. The van der Waals surface area contributed by atoms with E-state index in [1.165, 1.54) is 5.56 Å². The number of methoxy groups -OCH3 is 1. The minimum atomic E-state index is -0.0983. The topological polar surface area (TPSA) is 50.4 Å². The molecule has 1 amide bonds. The summed E-state index contributed by atoms with van der Waals surface area (Å²) in [6.45, 7) is 2.33. The Morgan fingerprint density at radius 1 is 1.13 bits per heavy atom. The van der Waals surface area contributed by atoms with Crippen molar-refractivity contribution in [1.82, 2.24) is 10.6 Å². The van der Waals surface area contributed by atoms with Crippen molar-refractivity contribution in [2.75, 3.05) is 20.2 Å². The molecule has 23 heavy (non-hydrogen) atoms. The van der Waals surface area contributed by atoms with E-state index < -0.39 is 0 Å². The minimum Gasteiger partial charge on any atom is -0.497 e. The summed E-state index contributed by atoms with van der Waals surface area (Å²) in [6, 6.07) is 15.6. The summed E-state index contributed by atoms with van der Waals surface area (Å²) < 4.78 is 5.91. The summed E-state index contributed by atoms with van der Waals surface area (Å²) in [5.74, 6) is 0.571. The molecule has 0 fully saturated rings. The van der Waals surface area contributed by atoms with Crippen molar-refractivity contribution < 1.29 is 9.53 Å². The largest absolute Gasteiger partial charge is 0.497 e. The van der Waals surface area contributed by atoms with Gasteiger partial charge in [-0.2, -0.15) is 0 Å². The van der Waals surface area contributed by atoms with Crippen LogP contribution in [0.15, 0.2) is 53.0 Å². The highest BCUT2D eigenvalue weighted by Crippen LogP contribution is 2.22. The van der Waals surface area contributed by atoms with Crippen LogP contribution >= 0.6 is 15.9 Å². The lowest BCUT2D eigenvalue weighted by Gasteiger charge is -2.09. The molecule has 0 heterocycles. The predicted molar refractivity (Wildman–Crippen MR) is 95.8 cm³/mol. The van der Waals surface area contributed by atoms with Crippen LogP contribution in [0.1, 0.15) is 22.3 Å². The third-order valence-corrected chi connectivity index (χ3v) is 4.10. The van der Waals surface area contributed by atoms with E-state index in [2.05, 4.69) is 38.7 Å². The van der Waals surface area contributed by atoms with Gasteiger partial charge in [0.15, 0.2) is 0 Å². The third kappa shape index (κ3) is 5.69. The summed E-state index contributed by atoms with van der Waals surface area (Å²) in [6.07, 6.45) is 0.875. The van der Waals surface area contributed by atoms with Gasteiger partial charge in [0, 0.05) is 17.6 Å². The Morgan fingerprint density at radius 2 is 1.91 bits per heavy atom. The standard InChI is InChI=1S/C18H21BrN2O2/c1-23-15-8-9-17(19)16(12-15)18(22)21-11-5-10-20-13-14-6-3-2-4-7-14/h2-4,6-9,12,20H,5,10-11,13H2,1H3,(H,21,22). The van der Waals surface area contributed by atoms with Crippen LogP contribution in [-0.4, -0.2) is 26.1 Å². The minimum absolute atomic E-state index is 0.0983. The van der Waals surface area contributed by atoms with Gasteiger partial charge in [0.1, 0.15) is 5.75 Å². The van der Waals surface area contributed by atoms with Gasteiger partial charge >= 0.3 is 0 Å². The highest BCUT2D eigenvalue weighted by atomic mass is 79.9. The molecule has 0 unspecified atom stereocenters. The molecule has 0 radical (unpaired) electrons. The molecule has 2 aromatic carbocycles. The maximum absolute atomic E-state index is 12.2. The molecule has 0 aliphatic rings. The molecule has 0 aliphatic carbocycles. The molecule has 0 aliphatic heterocycles. The average Bonchev–Trinajstić information content (AvgIpc) is 2.59. The smallest absolute Gasteiger partial charge is 0.252 e. The highest BCUT2D eigenvalue weighted by molar-refractivity contribution is 9.10. The predicted octanol–water partition coefficient (Wildman–Crippen LogP) is 3.37. The number of benzene rings is 2. The lowest BCUT2D eigenvalue weighted by molar-refractivity contribution is 0.0952. The zero-order chi connectivity index (χ0) is 16.5. The van der Waals surface area contributed by atoms with Crippen LogP contribution in [-0.2, 0) is 6.54 Å². The zero-order valence-corrected chi connectivity index (χ0v) is 14.7. The molecule has 2 N–H and O–H groups in total. The van der Waals surface area contributed by atoms with Crippen molar-refractivity contribution in [3.05, 3.63) is 64.1 Å². The maximum atomic E-state index is 12.2. The summed E-state index contributed by atoms with van der Waals surface area (Å²) in [5, 5.41) is 6.29. The lowest BCUT2D eigenvalue weighted by Crippen LogP contribution is -2.27. The molecule has 0 aromatic heterocycles. The second-order valence-electron chi connectivity index (χ2n) is 5.12. The number of nitrogens with one attached hydrogen (secondary N) is 2. The van der Waals surface area contributed by atoms with Gasteiger partial charge < -0.3 is 15.4 Å². The zero-order valence-electron chi connectivity index (χ0n) is 13.1. The molecule has 0 atom stereocenters. The van der Waals surface area contributed by atoms with Crippen LogP contribution in [0.4, 0.5) is 0 Å².